The molecule has 2 aromatic carbocycles. The van der Waals surface area contributed by atoms with Crippen LogP contribution in [0, 0.1) is 20.8 Å². The van der Waals surface area contributed by atoms with E-state index in [1.807, 2.05) is 0 Å². The topological polar surface area (TPSA) is 94.8 Å². The molecular weight excluding hydrogens is 410 g/mol. The number of carbonyl (C=O) groups excluding carboxylic acids is 3. The van der Waals surface area contributed by atoms with Gasteiger partial charge in [0.1, 0.15) is 5.76 Å². The summed E-state index contributed by atoms with van der Waals surface area (Å²) < 4.78 is 15.2. The largest absolute Gasteiger partial charge is 0.465 e. The molecule has 0 aliphatic heterocycles. The summed E-state index contributed by atoms with van der Waals surface area (Å²) in [5, 5.41) is 2.66. The molecule has 1 N–H and O–H groups in total. The standard InChI is InChI=1S/C25H25NO6/c1-14-8-15(2)21(16(3)9-14)13-20-6-7-22(32-20)23(27)26-19-11-17(24(28)30-4)10-18(12-19)25(29)31-5/h6-12H,13H2,1-5H3,(H,26,27). The van der Waals surface area contributed by atoms with Gasteiger partial charge < -0.3 is 19.2 Å². The summed E-state index contributed by atoms with van der Waals surface area (Å²) in [6.07, 6.45) is 0.565. The molecule has 0 aliphatic rings. The number of aryl methyl sites for hydroxylation is 3. The highest BCUT2D eigenvalue weighted by Crippen LogP contribution is 2.22. The zero-order valence-electron chi connectivity index (χ0n) is 18.7. The molecule has 1 aromatic heterocycles. The van der Waals surface area contributed by atoms with Crippen molar-refractivity contribution in [2.45, 2.75) is 27.2 Å². The fourth-order valence-corrected chi connectivity index (χ4v) is 3.62. The van der Waals surface area contributed by atoms with Crippen molar-refractivity contribution in [3.63, 3.8) is 0 Å². The quantitative estimate of drug-likeness (QED) is 0.568. The van der Waals surface area contributed by atoms with Crippen LogP contribution < -0.4 is 5.32 Å². The highest BCUT2D eigenvalue weighted by Gasteiger charge is 2.17. The van der Waals surface area contributed by atoms with E-state index in [9.17, 15) is 14.4 Å². The van der Waals surface area contributed by atoms with Gasteiger partial charge in [0.25, 0.3) is 5.91 Å². The van der Waals surface area contributed by atoms with E-state index in [0.717, 1.165) is 5.56 Å². The molecule has 3 aromatic rings. The first-order valence-electron chi connectivity index (χ1n) is 10.00. The number of benzene rings is 2. The molecule has 0 fully saturated rings. The summed E-state index contributed by atoms with van der Waals surface area (Å²) in [5.41, 5.74) is 5.14. The van der Waals surface area contributed by atoms with Gasteiger partial charge in [-0.15, -0.1) is 0 Å². The van der Waals surface area contributed by atoms with Crippen LogP contribution in [-0.4, -0.2) is 32.1 Å². The van der Waals surface area contributed by atoms with Crippen molar-refractivity contribution in [1.82, 2.24) is 0 Å². The Kier molecular flexibility index (Phi) is 6.78. The Bertz CT molecular complexity index is 1130. The van der Waals surface area contributed by atoms with Gasteiger partial charge in [-0.25, -0.2) is 9.59 Å². The van der Waals surface area contributed by atoms with Gasteiger partial charge in [0.2, 0.25) is 0 Å². The van der Waals surface area contributed by atoms with E-state index in [1.165, 1.54) is 49.1 Å². The lowest BCUT2D eigenvalue weighted by molar-refractivity contribution is 0.0599. The Morgan fingerprint density at radius 2 is 1.41 bits per heavy atom. The van der Waals surface area contributed by atoms with Gasteiger partial charge in [0, 0.05) is 12.1 Å². The molecule has 0 bridgehead atoms. The van der Waals surface area contributed by atoms with Crippen LogP contribution in [0.3, 0.4) is 0 Å². The van der Waals surface area contributed by atoms with Crippen molar-refractivity contribution in [1.29, 1.82) is 0 Å². The highest BCUT2D eigenvalue weighted by molar-refractivity contribution is 6.04. The third-order valence-corrected chi connectivity index (χ3v) is 5.11. The summed E-state index contributed by atoms with van der Waals surface area (Å²) in [4.78, 5) is 36.6. The van der Waals surface area contributed by atoms with E-state index >= 15 is 0 Å². The lowest BCUT2D eigenvalue weighted by atomic mass is 9.97. The lowest BCUT2D eigenvalue weighted by Crippen LogP contribution is -2.13. The number of hydrogen-bond acceptors (Lipinski definition) is 6. The van der Waals surface area contributed by atoms with Gasteiger partial charge >= 0.3 is 11.9 Å². The fourth-order valence-electron chi connectivity index (χ4n) is 3.62. The number of anilines is 1. The molecule has 0 saturated carbocycles. The predicted molar refractivity (Wildman–Crippen MR) is 119 cm³/mol. The van der Waals surface area contributed by atoms with Gasteiger partial charge in [0.15, 0.2) is 5.76 Å². The van der Waals surface area contributed by atoms with Gasteiger partial charge in [-0.1, -0.05) is 17.7 Å². The minimum atomic E-state index is -0.643. The number of ether oxygens (including phenoxy) is 2. The molecule has 7 heteroatoms. The Morgan fingerprint density at radius 1 is 0.844 bits per heavy atom. The fraction of sp³-hybridized carbons (Fsp3) is 0.240. The Hall–Kier alpha value is -3.87. The van der Waals surface area contributed by atoms with Crippen LogP contribution in [0.25, 0.3) is 0 Å². The molecule has 0 radical (unpaired) electrons. The monoisotopic (exact) mass is 435 g/mol. The van der Waals surface area contributed by atoms with Crippen LogP contribution >= 0.6 is 0 Å². The van der Waals surface area contributed by atoms with Crippen molar-refractivity contribution >= 4 is 23.5 Å². The molecule has 0 spiro atoms. The molecule has 166 valence electrons. The predicted octanol–water partition coefficient (Wildman–Crippen LogP) is 4.62. The van der Waals surface area contributed by atoms with Gasteiger partial charge in [-0.05, 0) is 67.8 Å². The maximum atomic E-state index is 12.7. The SMILES string of the molecule is COC(=O)c1cc(NC(=O)c2ccc(Cc3c(C)cc(C)cc3C)o2)cc(C(=O)OC)c1. The first kappa shape index (κ1) is 22.8. The van der Waals surface area contributed by atoms with Crippen molar-refractivity contribution in [2.24, 2.45) is 0 Å². The second-order valence-electron chi connectivity index (χ2n) is 7.56. The Labute approximate surface area is 186 Å². The molecule has 32 heavy (non-hydrogen) atoms. The normalized spacial score (nSPS) is 10.5. The second kappa shape index (κ2) is 9.51. The van der Waals surface area contributed by atoms with E-state index in [0.29, 0.717) is 12.2 Å². The summed E-state index contributed by atoms with van der Waals surface area (Å²) in [7, 11) is 2.46. The average molecular weight is 435 g/mol. The van der Waals surface area contributed by atoms with Crippen LogP contribution in [0.5, 0.6) is 0 Å². The van der Waals surface area contributed by atoms with Crippen molar-refractivity contribution in [2.75, 3.05) is 19.5 Å². The summed E-state index contributed by atoms with van der Waals surface area (Å²) in [6.45, 7) is 6.16. The Balaban J connectivity index is 1.82. The molecule has 0 aliphatic carbocycles. The third-order valence-electron chi connectivity index (χ3n) is 5.11. The number of carbonyl (C=O) groups is 3. The number of esters is 2. The van der Waals surface area contributed by atoms with E-state index in [2.05, 4.69) is 38.2 Å². The number of rotatable bonds is 6. The van der Waals surface area contributed by atoms with Crippen molar-refractivity contribution in [3.8, 4) is 0 Å². The molecule has 0 unspecified atom stereocenters. The summed E-state index contributed by atoms with van der Waals surface area (Å²) in [6, 6.07) is 11.8. The van der Waals surface area contributed by atoms with Crippen LogP contribution in [-0.2, 0) is 15.9 Å². The molecule has 7 nitrogen and oxygen atoms in total. The van der Waals surface area contributed by atoms with E-state index in [4.69, 9.17) is 13.9 Å². The summed E-state index contributed by atoms with van der Waals surface area (Å²) in [5.74, 6) is -1.02. The molecule has 1 heterocycles. The zero-order chi connectivity index (χ0) is 23.4. The maximum absolute atomic E-state index is 12.7. The molecule has 0 atom stereocenters. The molecule has 3 rings (SSSR count). The number of hydrogen-bond donors (Lipinski definition) is 1. The average Bonchev–Trinajstić information content (AvgIpc) is 3.23. The second-order valence-corrected chi connectivity index (χ2v) is 7.56. The van der Waals surface area contributed by atoms with Gasteiger partial charge in [0.05, 0.1) is 25.3 Å². The number of nitrogens with one attached hydrogen (secondary N) is 1. The van der Waals surface area contributed by atoms with E-state index in [1.54, 1.807) is 12.1 Å². The van der Waals surface area contributed by atoms with E-state index < -0.39 is 17.8 Å². The van der Waals surface area contributed by atoms with Crippen molar-refractivity contribution < 1.29 is 28.3 Å². The Morgan fingerprint density at radius 3 is 1.94 bits per heavy atom. The van der Waals surface area contributed by atoms with Gasteiger partial charge in [-0.2, -0.15) is 0 Å². The minimum Gasteiger partial charge on any atom is -0.465 e. The third kappa shape index (κ3) is 5.06. The van der Waals surface area contributed by atoms with Crippen LogP contribution in [0.1, 0.15) is 59.3 Å². The minimum absolute atomic E-state index is 0.108. The number of amides is 1. The number of methoxy groups -OCH3 is 2. The van der Waals surface area contributed by atoms with Gasteiger partial charge in [-0.3, -0.25) is 4.79 Å². The summed E-state index contributed by atoms with van der Waals surface area (Å²) >= 11 is 0. The highest BCUT2D eigenvalue weighted by atomic mass is 16.5. The first-order chi connectivity index (χ1) is 15.2. The maximum Gasteiger partial charge on any atom is 0.337 e. The lowest BCUT2D eigenvalue weighted by Gasteiger charge is -2.10. The molecule has 1 amide bonds. The molecule has 0 saturated heterocycles. The van der Waals surface area contributed by atoms with E-state index in [-0.39, 0.29) is 22.6 Å². The molecular formula is C25H25NO6. The first-order valence-corrected chi connectivity index (χ1v) is 10.00. The van der Waals surface area contributed by atoms with Crippen LogP contribution in [0.2, 0.25) is 0 Å². The smallest absolute Gasteiger partial charge is 0.337 e. The number of furan rings is 1. The van der Waals surface area contributed by atoms with Crippen molar-refractivity contribution in [3.05, 3.63) is 87.4 Å². The van der Waals surface area contributed by atoms with Crippen LogP contribution in [0.15, 0.2) is 46.9 Å². The van der Waals surface area contributed by atoms with Crippen LogP contribution in [0.4, 0.5) is 5.69 Å². The zero-order valence-corrected chi connectivity index (χ0v) is 18.7.